The third kappa shape index (κ3) is 3.62. The van der Waals surface area contributed by atoms with Crippen LogP contribution in [0.5, 0.6) is 0 Å². The maximum atomic E-state index is 5.56. The molecule has 0 saturated carbocycles. The summed E-state index contributed by atoms with van der Waals surface area (Å²) in [5, 5.41) is 0. The lowest BCUT2D eigenvalue weighted by atomic mass is 9.78. The number of hydrogen-bond acceptors (Lipinski definition) is 2. The van der Waals surface area contributed by atoms with Gasteiger partial charge in [-0.05, 0) is 23.1 Å². The Morgan fingerprint density at radius 3 is 1.81 bits per heavy atom. The Hall–Kier alpha value is -3.65. The molecule has 2 heteroatoms. The van der Waals surface area contributed by atoms with E-state index in [-0.39, 0.29) is 11.6 Å². The van der Waals surface area contributed by atoms with Crippen LogP contribution in [0.4, 0.5) is 0 Å². The Labute approximate surface area is 190 Å². The molecular weight excluding hydrogens is 388 g/mol. The van der Waals surface area contributed by atoms with Crippen LogP contribution in [0.2, 0.25) is 0 Å². The van der Waals surface area contributed by atoms with Crippen molar-refractivity contribution in [1.29, 1.82) is 0 Å². The Kier molecular flexibility index (Phi) is 5.60. The molecule has 158 valence electrons. The van der Waals surface area contributed by atoms with Crippen LogP contribution in [0.25, 0.3) is 0 Å². The van der Waals surface area contributed by atoms with Gasteiger partial charge in [-0.15, -0.1) is 0 Å². The quantitative estimate of drug-likeness (QED) is 0.330. The molecule has 1 heterocycles. The summed E-state index contributed by atoms with van der Waals surface area (Å²) in [5.41, 5.74) is 4.65. The van der Waals surface area contributed by atoms with Crippen LogP contribution in [-0.2, 0) is 12.1 Å². The maximum Gasteiger partial charge on any atom is 0.132 e. The number of amidine groups is 1. The summed E-state index contributed by atoms with van der Waals surface area (Å²) in [7, 11) is 0. The molecule has 2 atom stereocenters. The number of nitrogens with zero attached hydrogens (tertiary/aromatic N) is 2. The van der Waals surface area contributed by atoms with Crippen molar-refractivity contribution >= 4 is 5.84 Å². The summed E-state index contributed by atoms with van der Waals surface area (Å²) >= 11 is 0. The Bertz CT molecular complexity index is 1170. The highest BCUT2D eigenvalue weighted by atomic mass is 15.3. The van der Waals surface area contributed by atoms with Crippen molar-refractivity contribution in [2.24, 2.45) is 4.99 Å². The summed E-state index contributed by atoms with van der Waals surface area (Å²) in [6.07, 6.45) is 0.915. The third-order valence-corrected chi connectivity index (χ3v) is 6.50. The standard InChI is InChI=1S/C30H28N2/c1-2-30(27-21-13-6-14-22-27)28(25-17-9-4-10-18-25)32(23-24-15-7-3-8-16-24)29(31-30)26-19-11-5-12-20-26/h3-22,28H,2,23H2,1H3. The van der Waals surface area contributed by atoms with Gasteiger partial charge in [0.05, 0.1) is 6.04 Å². The van der Waals surface area contributed by atoms with Crippen LogP contribution in [-0.4, -0.2) is 10.7 Å². The van der Waals surface area contributed by atoms with Gasteiger partial charge in [-0.3, -0.25) is 4.99 Å². The van der Waals surface area contributed by atoms with Crippen molar-refractivity contribution in [3.8, 4) is 0 Å². The van der Waals surface area contributed by atoms with E-state index in [0.29, 0.717) is 0 Å². The van der Waals surface area contributed by atoms with Crippen LogP contribution in [0.15, 0.2) is 126 Å². The molecule has 32 heavy (non-hydrogen) atoms. The number of hydrogen-bond donors (Lipinski definition) is 0. The van der Waals surface area contributed by atoms with Crippen LogP contribution in [0, 0.1) is 0 Å². The van der Waals surface area contributed by atoms with E-state index >= 15 is 0 Å². The molecule has 2 nitrogen and oxygen atoms in total. The molecule has 0 N–H and O–H groups in total. The molecule has 1 aliphatic heterocycles. The first-order valence-corrected chi connectivity index (χ1v) is 11.4. The largest absolute Gasteiger partial charge is 0.342 e. The molecule has 1 aliphatic rings. The highest BCUT2D eigenvalue weighted by Gasteiger charge is 2.49. The minimum atomic E-state index is -0.359. The van der Waals surface area contributed by atoms with E-state index in [0.717, 1.165) is 24.4 Å². The molecule has 4 aromatic carbocycles. The van der Waals surface area contributed by atoms with Crippen molar-refractivity contribution in [2.75, 3.05) is 0 Å². The number of aliphatic imine (C=N–C) groups is 1. The second kappa shape index (κ2) is 8.84. The highest BCUT2D eigenvalue weighted by Crippen LogP contribution is 2.50. The second-order valence-electron chi connectivity index (χ2n) is 8.37. The van der Waals surface area contributed by atoms with Crippen molar-refractivity contribution in [2.45, 2.75) is 31.5 Å². The average molecular weight is 417 g/mol. The summed E-state index contributed by atoms with van der Waals surface area (Å²) in [5.74, 6) is 1.06. The predicted octanol–water partition coefficient (Wildman–Crippen LogP) is 7.00. The molecule has 0 radical (unpaired) electrons. The molecule has 0 aromatic heterocycles. The summed E-state index contributed by atoms with van der Waals surface area (Å²) in [6.45, 7) is 3.07. The number of rotatable bonds is 6. The van der Waals surface area contributed by atoms with Gasteiger partial charge in [0.1, 0.15) is 11.4 Å². The minimum Gasteiger partial charge on any atom is -0.342 e. The van der Waals surface area contributed by atoms with E-state index in [2.05, 4.69) is 133 Å². The van der Waals surface area contributed by atoms with E-state index in [1.165, 1.54) is 16.7 Å². The SMILES string of the molecule is CCC1(c2ccccc2)N=C(c2ccccc2)N(Cc2ccccc2)C1c1ccccc1. The third-order valence-electron chi connectivity index (χ3n) is 6.50. The second-order valence-corrected chi connectivity index (χ2v) is 8.37. The lowest BCUT2D eigenvalue weighted by Gasteiger charge is -2.38. The monoisotopic (exact) mass is 416 g/mol. The van der Waals surface area contributed by atoms with Crippen LogP contribution < -0.4 is 0 Å². The van der Waals surface area contributed by atoms with Gasteiger partial charge in [-0.1, -0.05) is 128 Å². The first-order chi connectivity index (χ1) is 15.8. The Balaban J connectivity index is 1.73. The molecule has 5 rings (SSSR count). The maximum absolute atomic E-state index is 5.56. The van der Waals surface area contributed by atoms with Crippen molar-refractivity contribution in [3.63, 3.8) is 0 Å². The summed E-state index contributed by atoms with van der Waals surface area (Å²) in [4.78, 5) is 8.07. The first-order valence-electron chi connectivity index (χ1n) is 11.4. The van der Waals surface area contributed by atoms with Gasteiger partial charge in [-0.2, -0.15) is 0 Å². The zero-order valence-electron chi connectivity index (χ0n) is 18.4. The van der Waals surface area contributed by atoms with Crippen LogP contribution in [0.3, 0.4) is 0 Å². The van der Waals surface area contributed by atoms with E-state index in [9.17, 15) is 0 Å². The van der Waals surface area contributed by atoms with Gasteiger partial charge in [0, 0.05) is 12.1 Å². The highest BCUT2D eigenvalue weighted by molar-refractivity contribution is 6.01. The molecule has 0 amide bonds. The Morgan fingerprint density at radius 1 is 0.688 bits per heavy atom. The van der Waals surface area contributed by atoms with Crippen molar-refractivity contribution < 1.29 is 0 Å². The van der Waals surface area contributed by atoms with Crippen LogP contribution >= 0.6 is 0 Å². The molecule has 0 saturated heterocycles. The topological polar surface area (TPSA) is 15.6 Å². The van der Waals surface area contributed by atoms with Crippen molar-refractivity contribution in [3.05, 3.63) is 144 Å². The Morgan fingerprint density at radius 2 is 1.22 bits per heavy atom. The smallest absolute Gasteiger partial charge is 0.132 e. The van der Waals surface area contributed by atoms with Gasteiger partial charge in [0.15, 0.2) is 0 Å². The fourth-order valence-electron chi connectivity index (χ4n) is 4.98. The molecule has 0 aliphatic carbocycles. The first kappa shape index (κ1) is 20.3. The molecule has 0 fully saturated rings. The lowest BCUT2D eigenvalue weighted by Crippen LogP contribution is -2.38. The normalized spacial score (nSPS) is 20.2. The fraction of sp³-hybridized carbons (Fsp3) is 0.167. The summed E-state index contributed by atoms with van der Waals surface area (Å²) < 4.78 is 0. The molecular formula is C30H28N2. The van der Waals surface area contributed by atoms with E-state index in [1.807, 2.05) is 0 Å². The van der Waals surface area contributed by atoms with E-state index < -0.39 is 0 Å². The van der Waals surface area contributed by atoms with Gasteiger partial charge < -0.3 is 4.90 Å². The predicted molar refractivity (Wildman–Crippen MR) is 133 cm³/mol. The zero-order valence-corrected chi connectivity index (χ0v) is 18.4. The minimum absolute atomic E-state index is 0.103. The van der Waals surface area contributed by atoms with E-state index in [1.54, 1.807) is 0 Å². The lowest BCUT2D eigenvalue weighted by molar-refractivity contribution is 0.220. The molecule has 0 spiro atoms. The average Bonchev–Trinajstić information content (AvgIpc) is 3.21. The summed E-state index contributed by atoms with van der Waals surface area (Å²) in [6, 6.07) is 43.1. The number of benzene rings is 4. The van der Waals surface area contributed by atoms with Gasteiger partial charge in [0.2, 0.25) is 0 Å². The fourth-order valence-corrected chi connectivity index (χ4v) is 4.98. The molecule has 0 bridgehead atoms. The van der Waals surface area contributed by atoms with Gasteiger partial charge in [0.25, 0.3) is 0 Å². The molecule has 2 unspecified atom stereocenters. The zero-order chi connectivity index (χ0) is 21.8. The van der Waals surface area contributed by atoms with Crippen molar-refractivity contribution in [1.82, 2.24) is 4.90 Å². The van der Waals surface area contributed by atoms with Crippen LogP contribution in [0.1, 0.15) is 41.6 Å². The molecule has 4 aromatic rings. The van der Waals surface area contributed by atoms with Gasteiger partial charge in [-0.25, -0.2) is 0 Å². The van der Waals surface area contributed by atoms with E-state index in [4.69, 9.17) is 4.99 Å². The van der Waals surface area contributed by atoms with Gasteiger partial charge >= 0.3 is 0 Å².